The zero-order chi connectivity index (χ0) is 15.2. The molecular weight excluding hydrogens is 270 g/mol. The maximum atomic E-state index is 12.0. The summed E-state index contributed by atoms with van der Waals surface area (Å²) in [7, 11) is 1.70. The number of aliphatic carboxylic acids is 1. The first-order chi connectivity index (χ1) is 10.1. The van der Waals surface area contributed by atoms with Gasteiger partial charge in [0.15, 0.2) is 0 Å². The smallest absolute Gasteiger partial charge is 0.326 e. The molecule has 110 valence electrons. The Morgan fingerprint density at radius 1 is 1.33 bits per heavy atom. The standard InChI is InChI=1S/C15H17N3O3/c1-18-10-12(9-16-18)14(19)17-13(15(20)21)8-7-11-5-3-2-4-6-11/h2-6,9-10,13H,7-8H2,1H3,(H,17,19)(H,20,21). The lowest BCUT2D eigenvalue weighted by molar-refractivity contribution is -0.139. The summed E-state index contributed by atoms with van der Waals surface area (Å²) in [5, 5.41) is 15.6. The molecule has 21 heavy (non-hydrogen) atoms. The molecule has 6 heteroatoms. The van der Waals surface area contributed by atoms with Crippen LogP contribution in [0.15, 0.2) is 42.7 Å². The third-order valence-corrected chi connectivity index (χ3v) is 3.13. The van der Waals surface area contributed by atoms with Gasteiger partial charge in [0.05, 0.1) is 11.8 Å². The summed E-state index contributed by atoms with van der Waals surface area (Å²) >= 11 is 0. The number of aromatic nitrogens is 2. The fourth-order valence-electron chi connectivity index (χ4n) is 1.99. The van der Waals surface area contributed by atoms with Crippen molar-refractivity contribution >= 4 is 11.9 Å². The number of benzene rings is 1. The molecule has 0 fully saturated rings. The largest absolute Gasteiger partial charge is 0.480 e. The Bertz CT molecular complexity index is 622. The Labute approximate surface area is 122 Å². The molecule has 6 nitrogen and oxygen atoms in total. The van der Waals surface area contributed by atoms with E-state index in [1.165, 1.54) is 10.9 Å². The van der Waals surface area contributed by atoms with E-state index in [1.807, 2.05) is 30.3 Å². The molecule has 0 aliphatic rings. The molecule has 1 amide bonds. The van der Waals surface area contributed by atoms with Crippen LogP contribution < -0.4 is 5.32 Å². The van der Waals surface area contributed by atoms with Crippen molar-refractivity contribution < 1.29 is 14.7 Å². The van der Waals surface area contributed by atoms with Crippen LogP contribution in [0.25, 0.3) is 0 Å². The number of aryl methyl sites for hydroxylation is 2. The summed E-state index contributed by atoms with van der Waals surface area (Å²) in [4.78, 5) is 23.2. The minimum absolute atomic E-state index is 0.339. The van der Waals surface area contributed by atoms with Gasteiger partial charge in [-0.2, -0.15) is 5.10 Å². The van der Waals surface area contributed by atoms with Crippen LogP contribution in [0.1, 0.15) is 22.3 Å². The number of carboxylic acids is 1. The highest BCUT2D eigenvalue weighted by Gasteiger charge is 2.21. The molecule has 0 aliphatic heterocycles. The molecule has 1 aromatic heterocycles. The van der Waals surface area contributed by atoms with Gasteiger partial charge in [0.25, 0.3) is 5.91 Å². The highest BCUT2D eigenvalue weighted by molar-refractivity contribution is 5.96. The molecule has 1 unspecified atom stereocenters. The maximum absolute atomic E-state index is 12.0. The highest BCUT2D eigenvalue weighted by Crippen LogP contribution is 2.06. The Balaban J connectivity index is 1.96. The normalized spacial score (nSPS) is 11.9. The fraction of sp³-hybridized carbons (Fsp3) is 0.267. The number of rotatable bonds is 6. The molecule has 0 aliphatic carbocycles. The predicted molar refractivity (Wildman–Crippen MR) is 76.9 cm³/mol. The van der Waals surface area contributed by atoms with Gasteiger partial charge in [-0.25, -0.2) is 4.79 Å². The molecule has 2 aromatic rings. The number of nitrogens with one attached hydrogen (secondary N) is 1. The quantitative estimate of drug-likeness (QED) is 0.837. The topological polar surface area (TPSA) is 84.2 Å². The van der Waals surface area contributed by atoms with Crippen LogP contribution in [-0.2, 0) is 18.3 Å². The van der Waals surface area contributed by atoms with Crippen molar-refractivity contribution in [2.75, 3.05) is 0 Å². The number of amides is 1. The van der Waals surface area contributed by atoms with Crippen LogP contribution in [0, 0.1) is 0 Å². The van der Waals surface area contributed by atoms with Gasteiger partial charge < -0.3 is 10.4 Å². The third kappa shape index (κ3) is 4.17. The zero-order valence-corrected chi connectivity index (χ0v) is 11.7. The number of nitrogens with zero attached hydrogens (tertiary/aromatic N) is 2. The van der Waals surface area contributed by atoms with Crippen molar-refractivity contribution in [3.63, 3.8) is 0 Å². The Morgan fingerprint density at radius 2 is 2.05 bits per heavy atom. The molecule has 1 atom stereocenters. The van der Waals surface area contributed by atoms with E-state index >= 15 is 0 Å². The van der Waals surface area contributed by atoms with Crippen molar-refractivity contribution in [2.45, 2.75) is 18.9 Å². The SMILES string of the molecule is Cn1cc(C(=O)NC(CCc2ccccc2)C(=O)O)cn1. The minimum atomic E-state index is -1.04. The van der Waals surface area contributed by atoms with Gasteiger partial charge in [-0.05, 0) is 18.4 Å². The molecule has 0 saturated carbocycles. The number of carbonyl (C=O) groups excluding carboxylic acids is 1. The summed E-state index contributed by atoms with van der Waals surface area (Å²) in [5.74, 6) is -1.47. The summed E-state index contributed by atoms with van der Waals surface area (Å²) in [6.07, 6.45) is 3.88. The van der Waals surface area contributed by atoms with Crippen LogP contribution in [0.2, 0.25) is 0 Å². The predicted octanol–water partition coefficient (Wildman–Crippen LogP) is 1.24. The number of carboxylic acid groups (broad SMARTS) is 1. The highest BCUT2D eigenvalue weighted by atomic mass is 16.4. The summed E-state index contributed by atoms with van der Waals surface area (Å²) in [6.45, 7) is 0. The third-order valence-electron chi connectivity index (χ3n) is 3.13. The first-order valence-corrected chi connectivity index (χ1v) is 6.62. The minimum Gasteiger partial charge on any atom is -0.480 e. The van der Waals surface area contributed by atoms with Gasteiger partial charge in [-0.1, -0.05) is 30.3 Å². The molecule has 0 saturated heterocycles. The van der Waals surface area contributed by atoms with Crippen molar-refractivity contribution in [3.05, 3.63) is 53.9 Å². The molecule has 2 rings (SSSR count). The van der Waals surface area contributed by atoms with E-state index in [0.717, 1.165) is 5.56 Å². The van der Waals surface area contributed by atoms with Crippen LogP contribution in [-0.4, -0.2) is 32.8 Å². The van der Waals surface area contributed by atoms with E-state index in [2.05, 4.69) is 10.4 Å². The summed E-state index contributed by atoms with van der Waals surface area (Å²) < 4.78 is 1.49. The van der Waals surface area contributed by atoms with Crippen LogP contribution in [0.5, 0.6) is 0 Å². The van der Waals surface area contributed by atoms with Gasteiger partial charge >= 0.3 is 5.97 Å². The van der Waals surface area contributed by atoms with Crippen molar-refractivity contribution in [2.24, 2.45) is 7.05 Å². The number of hydrogen-bond acceptors (Lipinski definition) is 3. The van der Waals surface area contributed by atoms with E-state index in [9.17, 15) is 14.7 Å². The summed E-state index contributed by atoms with van der Waals surface area (Å²) in [6, 6.07) is 8.66. The van der Waals surface area contributed by atoms with Crippen LogP contribution >= 0.6 is 0 Å². The second-order valence-electron chi connectivity index (χ2n) is 4.79. The van der Waals surface area contributed by atoms with E-state index in [-0.39, 0.29) is 0 Å². The zero-order valence-electron chi connectivity index (χ0n) is 11.7. The second-order valence-corrected chi connectivity index (χ2v) is 4.79. The Kier molecular flexibility index (Phi) is 4.71. The van der Waals surface area contributed by atoms with Crippen molar-refractivity contribution in [1.29, 1.82) is 0 Å². The molecule has 0 spiro atoms. The molecule has 1 heterocycles. The lowest BCUT2D eigenvalue weighted by Crippen LogP contribution is -2.41. The molecule has 2 N–H and O–H groups in total. The van der Waals surface area contributed by atoms with Crippen LogP contribution in [0.3, 0.4) is 0 Å². The monoisotopic (exact) mass is 287 g/mol. The van der Waals surface area contributed by atoms with E-state index < -0.39 is 17.9 Å². The lowest BCUT2D eigenvalue weighted by atomic mass is 10.1. The lowest BCUT2D eigenvalue weighted by Gasteiger charge is -2.13. The second kappa shape index (κ2) is 6.69. The maximum Gasteiger partial charge on any atom is 0.326 e. The van der Waals surface area contributed by atoms with Crippen molar-refractivity contribution in [1.82, 2.24) is 15.1 Å². The van der Waals surface area contributed by atoms with Gasteiger partial charge in [-0.15, -0.1) is 0 Å². The fourth-order valence-corrected chi connectivity index (χ4v) is 1.99. The summed E-state index contributed by atoms with van der Waals surface area (Å²) in [5.41, 5.74) is 1.39. The molecule has 0 bridgehead atoms. The number of hydrogen-bond donors (Lipinski definition) is 2. The van der Waals surface area contributed by atoms with E-state index in [1.54, 1.807) is 13.2 Å². The Hall–Kier alpha value is -2.63. The average molecular weight is 287 g/mol. The molecule has 0 radical (unpaired) electrons. The van der Waals surface area contributed by atoms with Gasteiger partial charge in [0.2, 0.25) is 0 Å². The Morgan fingerprint density at radius 3 is 2.62 bits per heavy atom. The van der Waals surface area contributed by atoms with E-state index in [4.69, 9.17) is 0 Å². The van der Waals surface area contributed by atoms with Gasteiger partial charge in [-0.3, -0.25) is 9.48 Å². The first-order valence-electron chi connectivity index (χ1n) is 6.62. The average Bonchev–Trinajstić information content (AvgIpc) is 2.90. The van der Waals surface area contributed by atoms with Crippen molar-refractivity contribution in [3.8, 4) is 0 Å². The van der Waals surface area contributed by atoms with E-state index in [0.29, 0.717) is 18.4 Å². The van der Waals surface area contributed by atoms with Crippen LogP contribution in [0.4, 0.5) is 0 Å². The van der Waals surface area contributed by atoms with Gasteiger partial charge in [0, 0.05) is 13.2 Å². The number of carbonyl (C=O) groups is 2. The molecular formula is C15H17N3O3. The van der Waals surface area contributed by atoms with Gasteiger partial charge in [0.1, 0.15) is 6.04 Å². The molecule has 1 aromatic carbocycles. The first kappa shape index (κ1) is 14.8.